The van der Waals surface area contributed by atoms with Crippen molar-refractivity contribution in [1.29, 1.82) is 0 Å². The summed E-state index contributed by atoms with van der Waals surface area (Å²) in [5.41, 5.74) is 1.18. The predicted octanol–water partition coefficient (Wildman–Crippen LogP) is 2.86. The Balaban J connectivity index is 1.98. The summed E-state index contributed by atoms with van der Waals surface area (Å²) in [5, 5.41) is 4.56. The van der Waals surface area contributed by atoms with Crippen molar-refractivity contribution in [2.45, 2.75) is 32.1 Å². The second-order valence-corrected chi connectivity index (χ2v) is 5.09. The van der Waals surface area contributed by atoms with Crippen LogP contribution in [0.3, 0.4) is 0 Å². The molecule has 0 N–H and O–H groups in total. The van der Waals surface area contributed by atoms with Crippen molar-refractivity contribution in [3.63, 3.8) is 0 Å². The fourth-order valence-electron chi connectivity index (χ4n) is 1.79. The Morgan fingerprint density at radius 1 is 1.41 bits per heavy atom. The number of hydrogen-bond acceptors (Lipinski definition) is 3. The van der Waals surface area contributed by atoms with E-state index in [-0.39, 0.29) is 0 Å². The predicted molar refractivity (Wildman–Crippen MR) is 68.2 cm³/mol. The first-order valence-electron chi connectivity index (χ1n) is 5.85. The molecule has 0 aliphatic heterocycles. The highest BCUT2D eigenvalue weighted by Crippen LogP contribution is 2.38. The molecule has 5 heteroatoms. The molecule has 1 saturated carbocycles. The smallest absolute Gasteiger partial charge is 0.158 e. The van der Waals surface area contributed by atoms with Crippen LogP contribution >= 0.6 is 15.9 Å². The molecule has 2 heterocycles. The zero-order valence-electron chi connectivity index (χ0n) is 9.60. The number of hydrogen-bond donors (Lipinski definition) is 0. The highest BCUT2D eigenvalue weighted by Gasteiger charge is 2.26. The van der Waals surface area contributed by atoms with Gasteiger partial charge >= 0.3 is 0 Å². The molecule has 0 atom stereocenters. The molecular weight excluding hydrogens is 280 g/mol. The maximum Gasteiger partial charge on any atom is 0.158 e. The van der Waals surface area contributed by atoms with Crippen LogP contribution in [-0.2, 0) is 6.42 Å². The summed E-state index contributed by atoms with van der Waals surface area (Å²) >= 11 is 3.41. The third-order valence-electron chi connectivity index (χ3n) is 2.88. The van der Waals surface area contributed by atoms with E-state index in [1.54, 1.807) is 0 Å². The minimum atomic E-state index is 0.673. The molecular formula is C12H13BrN4. The van der Waals surface area contributed by atoms with Gasteiger partial charge in [-0.05, 0) is 34.8 Å². The van der Waals surface area contributed by atoms with Crippen LogP contribution in [0.4, 0.5) is 0 Å². The average molecular weight is 293 g/mol. The van der Waals surface area contributed by atoms with Crippen LogP contribution in [0.5, 0.6) is 0 Å². The second-order valence-electron chi connectivity index (χ2n) is 4.28. The number of halogens is 1. The van der Waals surface area contributed by atoms with Crippen molar-refractivity contribution in [2.75, 3.05) is 0 Å². The lowest BCUT2D eigenvalue weighted by Gasteiger charge is -2.03. The fourth-order valence-corrected chi connectivity index (χ4v) is 2.20. The molecule has 4 nitrogen and oxygen atoms in total. The van der Waals surface area contributed by atoms with E-state index in [0.717, 1.165) is 22.7 Å². The van der Waals surface area contributed by atoms with Gasteiger partial charge in [-0.25, -0.2) is 14.6 Å². The van der Waals surface area contributed by atoms with Gasteiger partial charge in [0.15, 0.2) is 5.82 Å². The molecule has 3 rings (SSSR count). The van der Waals surface area contributed by atoms with E-state index in [0.29, 0.717) is 5.92 Å². The van der Waals surface area contributed by atoms with Gasteiger partial charge in [-0.2, -0.15) is 5.10 Å². The average Bonchev–Trinajstić information content (AvgIpc) is 3.06. The van der Waals surface area contributed by atoms with Gasteiger partial charge in [-0.15, -0.1) is 0 Å². The lowest BCUT2D eigenvalue weighted by atomic mass is 10.3. The summed E-state index contributed by atoms with van der Waals surface area (Å²) in [7, 11) is 0. The Hall–Kier alpha value is -1.23. The highest BCUT2D eigenvalue weighted by atomic mass is 79.9. The lowest BCUT2D eigenvalue weighted by Crippen LogP contribution is -2.03. The van der Waals surface area contributed by atoms with Crippen molar-refractivity contribution in [3.05, 3.63) is 34.5 Å². The number of rotatable bonds is 3. The van der Waals surface area contributed by atoms with E-state index >= 15 is 0 Å². The van der Waals surface area contributed by atoms with Gasteiger partial charge in [0, 0.05) is 24.6 Å². The largest absolute Gasteiger partial charge is 0.226 e. The van der Waals surface area contributed by atoms with E-state index in [1.807, 2.05) is 23.9 Å². The van der Waals surface area contributed by atoms with Crippen LogP contribution in [0.2, 0.25) is 0 Å². The number of aromatic nitrogens is 4. The van der Waals surface area contributed by atoms with Crippen molar-refractivity contribution in [3.8, 4) is 5.82 Å². The lowest BCUT2D eigenvalue weighted by molar-refractivity contribution is 0.787. The minimum Gasteiger partial charge on any atom is -0.226 e. The molecule has 88 valence electrons. The van der Waals surface area contributed by atoms with Crippen LogP contribution in [0, 0.1) is 0 Å². The van der Waals surface area contributed by atoms with Crippen LogP contribution < -0.4 is 0 Å². The Morgan fingerprint density at radius 3 is 2.94 bits per heavy atom. The monoisotopic (exact) mass is 292 g/mol. The maximum atomic E-state index is 4.56. The first-order valence-corrected chi connectivity index (χ1v) is 6.65. The number of aryl methyl sites for hydroxylation is 1. The molecule has 2 aromatic rings. The van der Waals surface area contributed by atoms with Gasteiger partial charge in [-0.1, -0.05) is 6.92 Å². The maximum absolute atomic E-state index is 4.56. The van der Waals surface area contributed by atoms with Gasteiger partial charge < -0.3 is 0 Å². The highest BCUT2D eigenvalue weighted by molar-refractivity contribution is 9.10. The zero-order chi connectivity index (χ0) is 11.8. The molecule has 0 unspecified atom stereocenters. The molecule has 0 spiro atoms. The summed E-state index contributed by atoms with van der Waals surface area (Å²) < 4.78 is 2.64. The topological polar surface area (TPSA) is 43.6 Å². The zero-order valence-corrected chi connectivity index (χ0v) is 11.2. The van der Waals surface area contributed by atoms with E-state index in [1.165, 1.54) is 18.5 Å². The molecule has 0 amide bonds. The SMILES string of the molecule is CCc1nc(Br)cc(-n2ccc(C3CC3)n2)n1. The van der Waals surface area contributed by atoms with Gasteiger partial charge in [0.25, 0.3) is 0 Å². The Labute approximate surface area is 108 Å². The minimum absolute atomic E-state index is 0.673. The molecule has 0 radical (unpaired) electrons. The molecule has 2 aromatic heterocycles. The quantitative estimate of drug-likeness (QED) is 0.817. The van der Waals surface area contributed by atoms with E-state index < -0.39 is 0 Å². The summed E-state index contributed by atoms with van der Waals surface area (Å²) in [4.78, 5) is 8.77. The Kier molecular flexibility index (Phi) is 2.70. The second kappa shape index (κ2) is 4.22. The molecule has 17 heavy (non-hydrogen) atoms. The Bertz CT molecular complexity index is 545. The normalized spacial score (nSPS) is 15.2. The van der Waals surface area contributed by atoms with E-state index in [9.17, 15) is 0 Å². The molecule has 1 aliphatic rings. The van der Waals surface area contributed by atoms with Gasteiger partial charge in [-0.3, -0.25) is 0 Å². The summed E-state index contributed by atoms with van der Waals surface area (Å²) in [6.07, 6.45) is 5.33. The standard InChI is InChI=1S/C12H13BrN4/c1-2-11-14-10(13)7-12(15-11)17-6-5-9(16-17)8-3-4-8/h5-8H,2-4H2,1H3. The van der Waals surface area contributed by atoms with E-state index in [4.69, 9.17) is 0 Å². The van der Waals surface area contributed by atoms with Crippen molar-refractivity contribution < 1.29 is 0 Å². The summed E-state index contributed by atoms with van der Waals surface area (Å²) in [6.45, 7) is 2.05. The third-order valence-corrected chi connectivity index (χ3v) is 3.29. The number of nitrogens with zero attached hydrogens (tertiary/aromatic N) is 4. The van der Waals surface area contributed by atoms with Gasteiger partial charge in [0.1, 0.15) is 10.4 Å². The van der Waals surface area contributed by atoms with Crippen LogP contribution in [0.1, 0.15) is 37.2 Å². The third kappa shape index (κ3) is 2.24. The first kappa shape index (κ1) is 10.9. The van der Waals surface area contributed by atoms with E-state index in [2.05, 4.69) is 37.1 Å². The summed E-state index contributed by atoms with van der Waals surface area (Å²) in [6, 6.07) is 3.97. The van der Waals surface area contributed by atoms with Crippen molar-refractivity contribution in [1.82, 2.24) is 19.7 Å². The van der Waals surface area contributed by atoms with Crippen molar-refractivity contribution >= 4 is 15.9 Å². The van der Waals surface area contributed by atoms with Crippen LogP contribution in [0.15, 0.2) is 22.9 Å². The first-order chi connectivity index (χ1) is 8.26. The molecule has 0 saturated heterocycles. The van der Waals surface area contributed by atoms with Crippen molar-refractivity contribution in [2.24, 2.45) is 0 Å². The van der Waals surface area contributed by atoms with Gasteiger partial charge in [0.2, 0.25) is 0 Å². The molecule has 1 fully saturated rings. The van der Waals surface area contributed by atoms with Crippen LogP contribution in [-0.4, -0.2) is 19.7 Å². The van der Waals surface area contributed by atoms with Gasteiger partial charge in [0.05, 0.1) is 5.69 Å². The molecule has 0 aromatic carbocycles. The Morgan fingerprint density at radius 2 is 2.24 bits per heavy atom. The molecule has 1 aliphatic carbocycles. The summed E-state index contributed by atoms with van der Waals surface area (Å²) in [5.74, 6) is 2.33. The molecule has 0 bridgehead atoms. The fraction of sp³-hybridized carbons (Fsp3) is 0.417. The van der Waals surface area contributed by atoms with Crippen LogP contribution in [0.25, 0.3) is 5.82 Å².